The van der Waals surface area contributed by atoms with E-state index in [4.69, 9.17) is 51.6 Å². The molecule has 10 aromatic rings. The molecule has 0 fully saturated rings. The lowest BCUT2D eigenvalue weighted by Crippen LogP contribution is -2.13. The average Bonchev–Trinajstić information content (AvgIpc) is 3.46. The Morgan fingerprint density at radius 1 is 0.338 bits per heavy atom. The summed E-state index contributed by atoms with van der Waals surface area (Å²) in [6.45, 7) is 0. The van der Waals surface area contributed by atoms with Crippen LogP contribution in [0.5, 0.6) is 34.5 Å². The summed E-state index contributed by atoms with van der Waals surface area (Å²) in [5.41, 5.74) is 4.44. The van der Waals surface area contributed by atoms with Crippen molar-refractivity contribution in [2.24, 2.45) is 0 Å². The van der Waals surface area contributed by atoms with Gasteiger partial charge < -0.3 is 28.4 Å². The summed E-state index contributed by atoms with van der Waals surface area (Å²) in [5, 5.41) is 3.64. The first-order valence-corrected chi connectivity index (χ1v) is 23.8. The van der Waals surface area contributed by atoms with Crippen LogP contribution in [-0.4, -0.2) is 38.1 Å². The third kappa shape index (κ3) is 10.3. The monoisotopic (exact) mass is 1010 g/mol. The highest BCUT2D eigenvalue weighted by Gasteiger charge is 2.29. The number of fused-ring (bicyclic) bond motifs is 2. The molecule has 0 amide bonds. The van der Waals surface area contributed by atoms with Crippen LogP contribution in [0, 0.1) is 0 Å². The Hall–Kier alpha value is -9.22. The summed E-state index contributed by atoms with van der Waals surface area (Å²) in [7, 11) is 3.07. The Balaban J connectivity index is 1.11. The zero-order valence-electron chi connectivity index (χ0n) is 39.5. The van der Waals surface area contributed by atoms with E-state index in [1.54, 1.807) is 72.8 Å². The van der Waals surface area contributed by atoms with Crippen LogP contribution in [0.1, 0.15) is 41.4 Å². The second kappa shape index (κ2) is 21.2. The number of esters is 4. The minimum absolute atomic E-state index is 0.155. The van der Waals surface area contributed by atoms with Gasteiger partial charge in [-0.1, -0.05) is 96.0 Å². The van der Waals surface area contributed by atoms with Crippen LogP contribution >= 0.6 is 23.2 Å². The van der Waals surface area contributed by atoms with Gasteiger partial charge in [-0.2, -0.15) is 0 Å². The van der Waals surface area contributed by atoms with Gasteiger partial charge in [0.2, 0.25) is 0 Å². The van der Waals surface area contributed by atoms with Crippen molar-refractivity contribution in [3.05, 3.63) is 239 Å². The molecule has 0 bridgehead atoms. The maximum atomic E-state index is 14.7. The third-order valence-corrected chi connectivity index (χ3v) is 12.7. The predicted octanol–water partition coefficient (Wildman–Crippen LogP) is 15.2. The first-order chi connectivity index (χ1) is 36.0. The number of hydrogen-bond donors (Lipinski definition) is 0. The van der Waals surface area contributed by atoms with E-state index in [0.717, 1.165) is 10.8 Å². The normalized spacial score (nSPS) is 10.9. The Morgan fingerprint density at radius 3 is 0.959 bits per heavy atom. The summed E-state index contributed by atoms with van der Waals surface area (Å²) in [5.74, 6) is -0.708. The quantitative estimate of drug-likeness (QED) is 0.0814. The summed E-state index contributed by atoms with van der Waals surface area (Å²) >= 11 is 13.0. The number of rotatable bonds is 13. The molecule has 0 N–H and O–H groups in total. The number of carbonyl (C=O) groups excluding carboxylic acids is 4. The number of halogens is 2. The zero-order chi connectivity index (χ0) is 51.3. The van der Waals surface area contributed by atoms with Crippen molar-refractivity contribution >= 4 is 68.6 Å². The number of hydrogen-bond acceptors (Lipinski definition) is 10. The SMILES string of the molecule is COc1ccc(C(=O)Oc2ccc(C(=O)Oc3c(-c4c(-c5ccc(Cl)cc5)cc5ccccc5c4OC(=O)c4ccc(OC(=O)c5ccc(OC)cc5)cc4)c(-c4ccc(Cl)cc4)cc4ccccc34)cc2)cc1. The first-order valence-electron chi connectivity index (χ1n) is 23.0. The fourth-order valence-electron chi connectivity index (χ4n) is 8.46. The lowest BCUT2D eigenvalue weighted by Gasteiger charge is -2.24. The molecule has 0 atom stereocenters. The van der Waals surface area contributed by atoms with Gasteiger partial charge in [0.05, 0.1) is 36.5 Å². The van der Waals surface area contributed by atoms with Crippen LogP contribution in [0.25, 0.3) is 54.9 Å². The number of methoxy groups -OCH3 is 2. The fourth-order valence-corrected chi connectivity index (χ4v) is 8.71. The molecule has 10 nitrogen and oxygen atoms in total. The highest BCUT2D eigenvalue weighted by Crippen LogP contribution is 2.53. The highest BCUT2D eigenvalue weighted by atomic mass is 35.5. The summed E-state index contributed by atoms with van der Waals surface area (Å²) in [6.07, 6.45) is 0. The topological polar surface area (TPSA) is 124 Å². The molecule has 0 aromatic heterocycles. The molecular weight excluding hydrogens is 976 g/mol. The first kappa shape index (κ1) is 48.4. The fraction of sp³-hybridized carbons (Fsp3) is 0.0323. The van der Waals surface area contributed by atoms with Crippen molar-refractivity contribution in [3.8, 4) is 67.9 Å². The van der Waals surface area contributed by atoms with Gasteiger partial charge in [-0.05, 0) is 166 Å². The Kier molecular flexibility index (Phi) is 13.9. The van der Waals surface area contributed by atoms with Crippen molar-refractivity contribution in [3.63, 3.8) is 0 Å². The van der Waals surface area contributed by atoms with Crippen LogP contribution in [-0.2, 0) is 0 Å². The van der Waals surface area contributed by atoms with E-state index in [9.17, 15) is 19.2 Å². The minimum Gasteiger partial charge on any atom is -0.497 e. The van der Waals surface area contributed by atoms with Crippen molar-refractivity contribution in [2.45, 2.75) is 0 Å². The van der Waals surface area contributed by atoms with Gasteiger partial charge in [-0.15, -0.1) is 0 Å². The Bertz CT molecular complexity index is 3490. The van der Waals surface area contributed by atoms with E-state index in [1.165, 1.54) is 62.8 Å². The molecule has 0 unspecified atom stereocenters. The second-order valence-corrected chi connectivity index (χ2v) is 17.6. The van der Waals surface area contributed by atoms with Gasteiger partial charge in [0, 0.05) is 31.9 Å². The van der Waals surface area contributed by atoms with Gasteiger partial charge in [-0.3, -0.25) is 0 Å². The predicted molar refractivity (Wildman–Crippen MR) is 286 cm³/mol. The molecular formula is C62H40Cl2O10. The lowest BCUT2D eigenvalue weighted by molar-refractivity contribution is 0.0720. The highest BCUT2D eigenvalue weighted by molar-refractivity contribution is 6.31. The van der Waals surface area contributed by atoms with E-state index >= 15 is 0 Å². The van der Waals surface area contributed by atoms with E-state index < -0.39 is 23.9 Å². The van der Waals surface area contributed by atoms with Gasteiger partial charge in [-0.25, -0.2) is 19.2 Å². The molecule has 0 aliphatic rings. The van der Waals surface area contributed by atoms with Gasteiger partial charge in [0.1, 0.15) is 34.5 Å². The molecule has 0 aliphatic carbocycles. The van der Waals surface area contributed by atoms with Gasteiger partial charge in [0.25, 0.3) is 0 Å². The van der Waals surface area contributed by atoms with Crippen LogP contribution < -0.4 is 28.4 Å². The smallest absolute Gasteiger partial charge is 0.343 e. The molecule has 362 valence electrons. The van der Waals surface area contributed by atoms with E-state index in [1.807, 2.05) is 84.9 Å². The molecule has 0 aliphatic heterocycles. The molecule has 0 saturated heterocycles. The van der Waals surface area contributed by atoms with Crippen LogP contribution in [0.3, 0.4) is 0 Å². The molecule has 0 saturated carbocycles. The van der Waals surface area contributed by atoms with Gasteiger partial charge in [0.15, 0.2) is 0 Å². The van der Waals surface area contributed by atoms with Crippen LogP contribution in [0.2, 0.25) is 10.0 Å². The van der Waals surface area contributed by atoms with Crippen molar-refractivity contribution in [1.82, 2.24) is 0 Å². The number of carbonyl (C=O) groups is 4. The lowest BCUT2D eigenvalue weighted by atomic mass is 9.84. The number of benzene rings is 10. The molecule has 0 heterocycles. The molecule has 10 rings (SSSR count). The van der Waals surface area contributed by atoms with Crippen molar-refractivity contribution in [2.75, 3.05) is 14.2 Å². The van der Waals surface area contributed by atoms with Crippen molar-refractivity contribution in [1.29, 1.82) is 0 Å². The summed E-state index contributed by atoms with van der Waals surface area (Å²) in [6, 6.07) is 58.6. The molecule has 0 radical (unpaired) electrons. The molecule has 0 spiro atoms. The van der Waals surface area contributed by atoms with E-state index in [2.05, 4.69) is 0 Å². The van der Waals surface area contributed by atoms with E-state index in [0.29, 0.717) is 76.8 Å². The van der Waals surface area contributed by atoms with Gasteiger partial charge >= 0.3 is 23.9 Å². The largest absolute Gasteiger partial charge is 0.497 e. The molecule has 10 aromatic carbocycles. The maximum absolute atomic E-state index is 14.7. The molecule has 74 heavy (non-hydrogen) atoms. The van der Waals surface area contributed by atoms with Crippen LogP contribution in [0.15, 0.2) is 206 Å². The molecule has 12 heteroatoms. The average molecular weight is 1020 g/mol. The number of ether oxygens (including phenoxy) is 6. The second-order valence-electron chi connectivity index (χ2n) is 16.8. The maximum Gasteiger partial charge on any atom is 0.343 e. The summed E-state index contributed by atoms with van der Waals surface area (Å²) < 4.78 is 35.0. The zero-order valence-corrected chi connectivity index (χ0v) is 41.0. The van der Waals surface area contributed by atoms with Crippen molar-refractivity contribution < 1.29 is 47.6 Å². The summed E-state index contributed by atoms with van der Waals surface area (Å²) in [4.78, 5) is 55.5. The Morgan fingerprint density at radius 2 is 0.635 bits per heavy atom. The van der Waals surface area contributed by atoms with E-state index in [-0.39, 0.29) is 34.1 Å². The van der Waals surface area contributed by atoms with Crippen LogP contribution in [0.4, 0.5) is 0 Å². The third-order valence-electron chi connectivity index (χ3n) is 12.2. The Labute approximate surface area is 434 Å². The standard InChI is InChI=1S/C62H40Cl2O10/c1-69-47-27-15-39(16-28-47)59(65)71-49-31-19-41(20-32-49)61(67)73-57-51-9-5-3-7-43(51)35-53(37-11-23-45(63)24-12-37)55(57)56-54(38-13-25-46(64)26-14-38)36-44-8-4-6-10-52(44)58(56)74-62(68)42-21-33-50(34-22-42)72-60(66)40-17-29-48(70-2)30-18-40/h3-36H,1-2H3. The minimum atomic E-state index is -0.724.